The number of nitrogens with zero attached hydrogens (tertiary/aromatic N) is 2. The highest BCUT2D eigenvalue weighted by Crippen LogP contribution is 2.38. The zero-order valence-electron chi connectivity index (χ0n) is 20.6. The van der Waals surface area contributed by atoms with Gasteiger partial charge in [0.1, 0.15) is 6.54 Å². The fourth-order valence-electron chi connectivity index (χ4n) is 4.16. The van der Waals surface area contributed by atoms with E-state index in [-0.39, 0.29) is 23.0 Å². The van der Waals surface area contributed by atoms with E-state index in [0.717, 1.165) is 36.2 Å². The van der Waals surface area contributed by atoms with Crippen molar-refractivity contribution < 1.29 is 31.2 Å². The largest absolute Gasteiger partial charge is 0.417 e. The summed E-state index contributed by atoms with van der Waals surface area (Å²) in [7, 11) is -4.40. The summed E-state index contributed by atoms with van der Waals surface area (Å²) < 4.78 is 67.9. The SMILES string of the molecule is O=C(CN(c1ccc(Cl)c(C(F)(F)F)c1)S(=O)(=O)c1ccccc1)NCc1ccc(CN2CCCC2=O)cc1. The van der Waals surface area contributed by atoms with E-state index in [2.05, 4.69) is 5.32 Å². The maximum absolute atomic E-state index is 13.5. The van der Waals surface area contributed by atoms with E-state index >= 15 is 0 Å². The summed E-state index contributed by atoms with van der Waals surface area (Å²) in [6.07, 6.45) is -3.44. The minimum absolute atomic E-state index is 0.0649. The lowest BCUT2D eigenvalue weighted by Crippen LogP contribution is -2.40. The summed E-state index contributed by atoms with van der Waals surface area (Å²) >= 11 is 5.72. The number of anilines is 1. The summed E-state index contributed by atoms with van der Waals surface area (Å²) in [5, 5.41) is 2.03. The van der Waals surface area contributed by atoms with Crippen LogP contribution in [0.1, 0.15) is 29.5 Å². The molecule has 0 atom stereocenters. The summed E-state index contributed by atoms with van der Waals surface area (Å²) in [5.74, 6) is -0.603. The van der Waals surface area contributed by atoms with Crippen molar-refractivity contribution in [2.75, 3.05) is 17.4 Å². The molecule has 3 aromatic carbocycles. The predicted octanol–water partition coefficient (Wildman–Crippen LogP) is 4.99. The molecule has 12 heteroatoms. The van der Waals surface area contributed by atoms with Gasteiger partial charge in [0.15, 0.2) is 0 Å². The Kier molecular flexibility index (Phi) is 8.51. The molecular formula is C27H25ClF3N3O4S. The van der Waals surface area contributed by atoms with Gasteiger partial charge in [-0.2, -0.15) is 13.2 Å². The maximum Gasteiger partial charge on any atom is 0.417 e. The van der Waals surface area contributed by atoms with Crippen LogP contribution in [-0.2, 0) is 38.9 Å². The van der Waals surface area contributed by atoms with Gasteiger partial charge in [0.25, 0.3) is 10.0 Å². The normalized spacial score (nSPS) is 13.9. The fourth-order valence-corrected chi connectivity index (χ4v) is 5.82. The molecule has 0 aromatic heterocycles. The Morgan fingerprint density at radius 2 is 1.67 bits per heavy atom. The van der Waals surface area contributed by atoms with Gasteiger partial charge in [0.05, 0.1) is 21.2 Å². The maximum atomic E-state index is 13.5. The Morgan fingerprint density at radius 3 is 2.28 bits per heavy atom. The van der Waals surface area contributed by atoms with Crippen LogP contribution >= 0.6 is 11.6 Å². The van der Waals surface area contributed by atoms with Gasteiger partial charge in [-0.1, -0.05) is 54.1 Å². The number of benzene rings is 3. The van der Waals surface area contributed by atoms with Gasteiger partial charge in [-0.15, -0.1) is 0 Å². The second-order valence-corrected chi connectivity index (χ2v) is 11.3. The summed E-state index contributed by atoms with van der Waals surface area (Å²) in [6, 6.07) is 17.0. The zero-order valence-corrected chi connectivity index (χ0v) is 22.2. The minimum atomic E-state index is -4.83. The first-order valence-electron chi connectivity index (χ1n) is 12.0. The molecule has 0 bridgehead atoms. The molecular weight excluding hydrogens is 555 g/mol. The van der Waals surface area contributed by atoms with E-state index in [9.17, 15) is 31.2 Å². The van der Waals surface area contributed by atoms with Crippen LogP contribution in [0.4, 0.5) is 18.9 Å². The zero-order chi connectivity index (χ0) is 28.2. The van der Waals surface area contributed by atoms with Crippen LogP contribution in [0.25, 0.3) is 0 Å². The van der Waals surface area contributed by atoms with E-state index in [0.29, 0.717) is 23.3 Å². The number of alkyl halides is 3. The molecule has 1 N–H and O–H groups in total. The Hall–Kier alpha value is -3.57. The number of likely N-dealkylation sites (tertiary alicyclic amines) is 1. The Morgan fingerprint density at radius 1 is 1.00 bits per heavy atom. The molecule has 1 aliphatic rings. The third-order valence-electron chi connectivity index (χ3n) is 6.22. The second-order valence-electron chi connectivity index (χ2n) is 9.00. The van der Waals surface area contributed by atoms with Crippen molar-refractivity contribution in [1.29, 1.82) is 0 Å². The number of rotatable bonds is 9. The van der Waals surface area contributed by atoms with Crippen molar-refractivity contribution in [3.63, 3.8) is 0 Å². The van der Waals surface area contributed by atoms with Gasteiger partial charge in [-0.3, -0.25) is 13.9 Å². The lowest BCUT2D eigenvalue weighted by Gasteiger charge is -2.25. The van der Waals surface area contributed by atoms with Crippen LogP contribution in [0.2, 0.25) is 5.02 Å². The first-order valence-corrected chi connectivity index (χ1v) is 13.8. The van der Waals surface area contributed by atoms with Crippen molar-refractivity contribution in [2.24, 2.45) is 0 Å². The Balaban J connectivity index is 1.51. The smallest absolute Gasteiger partial charge is 0.350 e. The molecule has 7 nitrogen and oxygen atoms in total. The monoisotopic (exact) mass is 579 g/mol. The summed E-state index contributed by atoms with van der Waals surface area (Å²) in [4.78, 5) is 26.3. The molecule has 1 fully saturated rings. The molecule has 0 spiro atoms. The molecule has 0 saturated carbocycles. The third kappa shape index (κ3) is 6.90. The standard InChI is InChI=1S/C27H25ClF3N3O4S/c28-24-13-12-21(15-23(24)27(29,30)31)34(39(37,38)22-5-2-1-3-6-22)18-25(35)32-16-19-8-10-20(11-9-19)17-33-14-4-7-26(33)36/h1-3,5-6,8-13,15H,4,7,14,16-18H2,(H,32,35). The minimum Gasteiger partial charge on any atom is -0.350 e. The van der Waals surface area contributed by atoms with Gasteiger partial charge in [0, 0.05) is 26.1 Å². The highest BCUT2D eigenvalue weighted by molar-refractivity contribution is 7.92. The average Bonchev–Trinajstić information content (AvgIpc) is 3.31. The first-order chi connectivity index (χ1) is 18.4. The molecule has 39 heavy (non-hydrogen) atoms. The van der Waals surface area contributed by atoms with E-state index in [1.807, 2.05) is 12.1 Å². The van der Waals surface area contributed by atoms with E-state index in [1.54, 1.807) is 23.1 Å². The topological polar surface area (TPSA) is 86.8 Å². The van der Waals surface area contributed by atoms with Crippen LogP contribution in [0.3, 0.4) is 0 Å². The highest BCUT2D eigenvalue weighted by atomic mass is 35.5. The van der Waals surface area contributed by atoms with Crippen LogP contribution in [0.5, 0.6) is 0 Å². The lowest BCUT2D eigenvalue weighted by atomic mass is 10.1. The van der Waals surface area contributed by atoms with Gasteiger partial charge in [-0.05, 0) is 47.9 Å². The number of sulfonamides is 1. The molecule has 2 amide bonds. The summed E-state index contributed by atoms with van der Waals surface area (Å²) in [5.41, 5.74) is 0.0874. The van der Waals surface area contributed by atoms with Crippen LogP contribution in [0.15, 0.2) is 77.7 Å². The lowest BCUT2D eigenvalue weighted by molar-refractivity contribution is -0.137. The van der Waals surface area contributed by atoms with Crippen molar-refractivity contribution in [3.05, 3.63) is 94.5 Å². The average molecular weight is 580 g/mol. The number of hydrogen-bond donors (Lipinski definition) is 1. The highest BCUT2D eigenvalue weighted by Gasteiger charge is 2.35. The number of carbonyl (C=O) groups excluding carboxylic acids is 2. The fraction of sp³-hybridized carbons (Fsp3) is 0.259. The molecule has 0 aliphatic carbocycles. The molecule has 0 radical (unpaired) electrons. The number of carbonyl (C=O) groups is 2. The quantitative estimate of drug-likeness (QED) is 0.387. The number of hydrogen-bond acceptors (Lipinski definition) is 4. The van der Waals surface area contributed by atoms with Gasteiger partial charge in [-0.25, -0.2) is 8.42 Å². The van der Waals surface area contributed by atoms with Crippen LogP contribution in [0, 0.1) is 0 Å². The van der Waals surface area contributed by atoms with Crippen molar-refractivity contribution in [2.45, 2.75) is 37.0 Å². The second kappa shape index (κ2) is 11.7. The van der Waals surface area contributed by atoms with E-state index in [1.165, 1.54) is 24.3 Å². The van der Waals surface area contributed by atoms with Crippen molar-refractivity contribution in [1.82, 2.24) is 10.2 Å². The molecule has 1 heterocycles. The number of amides is 2. The van der Waals surface area contributed by atoms with Gasteiger partial charge < -0.3 is 10.2 Å². The third-order valence-corrected chi connectivity index (χ3v) is 8.34. The van der Waals surface area contributed by atoms with Gasteiger partial charge >= 0.3 is 6.18 Å². The van der Waals surface area contributed by atoms with Crippen LogP contribution in [-0.4, -0.2) is 38.2 Å². The Labute approximate surface area is 229 Å². The molecule has 3 aromatic rings. The molecule has 4 rings (SSSR count). The Bertz CT molecular complexity index is 1450. The first kappa shape index (κ1) is 28.4. The van der Waals surface area contributed by atoms with E-state index < -0.39 is 39.2 Å². The van der Waals surface area contributed by atoms with Gasteiger partial charge in [0.2, 0.25) is 11.8 Å². The molecule has 0 unspecified atom stereocenters. The van der Waals surface area contributed by atoms with Crippen molar-refractivity contribution in [3.8, 4) is 0 Å². The van der Waals surface area contributed by atoms with E-state index in [4.69, 9.17) is 11.6 Å². The van der Waals surface area contributed by atoms with Crippen molar-refractivity contribution >= 4 is 39.1 Å². The molecule has 206 valence electrons. The molecule has 1 saturated heterocycles. The summed E-state index contributed by atoms with van der Waals surface area (Å²) in [6.45, 7) is 0.524. The van der Waals surface area contributed by atoms with Crippen LogP contribution < -0.4 is 9.62 Å². The number of halogens is 4. The molecule has 1 aliphatic heterocycles. The number of nitrogens with one attached hydrogen (secondary N) is 1. The predicted molar refractivity (Wildman–Crippen MR) is 140 cm³/mol.